The highest BCUT2D eigenvalue weighted by atomic mass is 14.9. The summed E-state index contributed by atoms with van der Waals surface area (Å²) in [6.07, 6.45) is 2.16. The number of rotatable bonds is 0. The summed E-state index contributed by atoms with van der Waals surface area (Å²) < 4.78 is 2.25. The fourth-order valence-corrected chi connectivity index (χ4v) is 2.99. The standard InChI is InChI=1S/C18H20N/c1-18(2,3)17-16-12-14-8-6-5-7-13(14)11-15(16)9-10-19(17)4/h5-12H,1-4H3/q+1. The first-order valence-corrected chi connectivity index (χ1v) is 6.78. The second-order valence-electron chi connectivity index (χ2n) is 6.31. The van der Waals surface area contributed by atoms with E-state index in [0.717, 1.165) is 0 Å². The molecule has 1 aromatic heterocycles. The molecular weight excluding hydrogens is 230 g/mol. The second-order valence-corrected chi connectivity index (χ2v) is 6.31. The third-order valence-electron chi connectivity index (χ3n) is 3.71. The van der Waals surface area contributed by atoms with Crippen molar-refractivity contribution in [2.24, 2.45) is 7.05 Å². The third kappa shape index (κ3) is 1.99. The summed E-state index contributed by atoms with van der Waals surface area (Å²) in [6.45, 7) is 6.82. The zero-order valence-electron chi connectivity index (χ0n) is 12.1. The maximum Gasteiger partial charge on any atom is 0.194 e. The van der Waals surface area contributed by atoms with Crippen molar-refractivity contribution in [1.29, 1.82) is 0 Å². The molecule has 0 aliphatic heterocycles. The molecule has 0 N–H and O–H groups in total. The lowest BCUT2D eigenvalue weighted by molar-refractivity contribution is -0.680. The fourth-order valence-electron chi connectivity index (χ4n) is 2.99. The van der Waals surface area contributed by atoms with Gasteiger partial charge in [-0.3, -0.25) is 0 Å². The summed E-state index contributed by atoms with van der Waals surface area (Å²) >= 11 is 0. The first kappa shape index (κ1) is 12.2. The number of hydrogen-bond donors (Lipinski definition) is 0. The van der Waals surface area contributed by atoms with Gasteiger partial charge in [0.2, 0.25) is 0 Å². The van der Waals surface area contributed by atoms with E-state index < -0.39 is 0 Å². The second kappa shape index (κ2) is 4.06. The first-order valence-electron chi connectivity index (χ1n) is 6.78. The molecule has 0 saturated carbocycles. The highest BCUT2D eigenvalue weighted by Crippen LogP contribution is 2.29. The van der Waals surface area contributed by atoms with Crippen LogP contribution in [0.3, 0.4) is 0 Å². The monoisotopic (exact) mass is 250 g/mol. The van der Waals surface area contributed by atoms with Gasteiger partial charge in [-0.2, -0.15) is 0 Å². The molecule has 0 aliphatic rings. The van der Waals surface area contributed by atoms with Crippen LogP contribution in [0.25, 0.3) is 21.5 Å². The third-order valence-corrected chi connectivity index (χ3v) is 3.71. The van der Waals surface area contributed by atoms with Crippen LogP contribution in [0.1, 0.15) is 26.5 Å². The Balaban J connectivity index is 2.48. The number of benzene rings is 2. The maximum atomic E-state index is 2.32. The molecule has 96 valence electrons. The normalized spacial score (nSPS) is 12.2. The van der Waals surface area contributed by atoms with E-state index in [1.807, 2.05) is 0 Å². The van der Waals surface area contributed by atoms with Gasteiger partial charge in [-0.25, -0.2) is 4.57 Å². The molecule has 0 saturated heterocycles. The van der Waals surface area contributed by atoms with Gasteiger partial charge in [0.15, 0.2) is 11.9 Å². The van der Waals surface area contributed by atoms with Gasteiger partial charge in [-0.15, -0.1) is 0 Å². The van der Waals surface area contributed by atoms with Crippen molar-refractivity contribution in [3.63, 3.8) is 0 Å². The van der Waals surface area contributed by atoms with Crippen LogP contribution in [-0.4, -0.2) is 0 Å². The lowest BCUT2D eigenvalue weighted by atomic mass is 9.87. The van der Waals surface area contributed by atoms with Crippen LogP contribution >= 0.6 is 0 Å². The van der Waals surface area contributed by atoms with E-state index in [9.17, 15) is 0 Å². The molecule has 0 spiro atoms. The lowest BCUT2D eigenvalue weighted by Gasteiger charge is -2.18. The molecule has 1 heterocycles. The van der Waals surface area contributed by atoms with Crippen LogP contribution in [0.4, 0.5) is 0 Å². The molecular formula is C18H20N+. The number of nitrogens with zero attached hydrogens (tertiary/aromatic N) is 1. The maximum absolute atomic E-state index is 2.32. The van der Waals surface area contributed by atoms with Crippen molar-refractivity contribution in [1.82, 2.24) is 0 Å². The topological polar surface area (TPSA) is 3.88 Å². The van der Waals surface area contributed by atoms with Crippen molar-refractivity contribution in [2.45, 2.75) is 26.2 Å². The zero-order valence-corrected chi connectivity index (χ0v) is 12.1. The first-order chi connectivity index (χ1) is 8.97. The average molecular weight is 250 g/mol. The number of pyridine rings is 1. The molecule has 0 amide bonds. The molecule has 0 aliphatic carbocycles. The summed E-state index contributed by atoms with van der Waals surface area (Å²) in [7, 11) is 2.13. The van der Waals surface area contributed by atoms with Gasteiger partial charge in [0, 0.05) is 11.5 Å². The molecule has 0 unspecified atom stereocenters. The minimum absolute atomic E-state index is 0.136. The van der Waals surface area contributed by atoms with Gasteiger partial charge in [0.05, 0.1) is 5.39 Å². The van der Waals surface area contributed by atoms with Crippen LogP contribution in [0.15, 0.2) is 48.7 Å². The van der Waals surface area contributed by atoms with Crippen LogP contribution in [0, 0.1) is 0 Å². The van der Waals surface area contributed by atoms with E-state index in [1.165, 1.54) is 27.2 Å². The van der Waals surface area contributed by atoms with Crippen molar-refractivity contribution < 1.29 is 4.57 Å². The fraction of sp³-hybridized carbons (Fsp3) is 0.278. The van der Waals surface area contributed by atoms with Crippen LogP contribution < -0.4 is 4.57 Å². The van der Waals surface area contributed by atoms with Crippen molar-refractivity contribution >= 4 is 21.5 Å². The van der Waals surface area contributed by atoms with Gasteiger partial charge in [0.1, 0.15) is 7.05 Å². The van der Waals surface area contributed by atoms with E-state index in [0.29, 0.717) is 0 Å². The Morgan fingerprint density at radius 2 is 1.47 bits per heavy atom. The largest absolute Gasteiger partial charge is 0.204 e. The average Bonchev–Trinajstić information content (AvgIpc) is 2.34. The molecule has 1 nitrogen and oxygen atoms in total. The zero-order chi connectivity index (χ0) is 13.6. The van der Waals surface area contributed by atoms with Gasteiger partial charge < -0.3 is 0 Å². The number of fused-ring (bicyclic) bond motifs is 2. The minimum Gasteiger partial charge on any atom is -0.204 e. The van der Waals surface area contributed by atoms with Crippen molar-refractivity contribution in [3.05, 3.63) is 54.4 Å². The van der Waals surface area contributed by atoms with E-state index in [2.05, 4.69) is 81.0 Å². The Labute approximate surface area is 114 Å². The quantitative estimate of drug-likeness (QED) is 0.417. The summed E-state index contributed by atoms with van der Waals surface area (Å²) in [6, 6.07) is 15.4. The Bertz CT molecular complexity index is 764. The molecule has 0 atom stereocenters. The predicted molar refractivity (Wildman–Crippen MR) is 81.3 cm³/mol. The molecule has 2 aromatic carbocycles. The predicted octanol–water partition coefficient (Wildman–Crippen LogP) is 4.12. The van der Waals surface area contributed by atoms with Gasteiger partial charge in [-0.05, 0) is 28.3 Å². The number of aromatic nitrogens is 1. The molecule has 19 heavy (non-hydrogen) atoms. The van der Waals surface area contributed by atoms with Crippen LogP contribution in [0.2, 0.25) is 0 Å². The number of aryl methyl sites for hydroxylation is 1. The highest BCUT2D eigenvalue weighted by molar-refractivity contribution is 5.98. The van der Waals surface area contributed by atoms with E-state index >= 15 is 0 Å². The van der Waals surface area contributed by atoms with E-state index in [-0.39, 0.29) is 5.41 Å². The molecule has 0 fully saturated rings. The molecule has 3 rings (SSSR count). The summed E-state index contributed by atoms with van der Waals surface area (Å²) in [5.74, 6) is 0. The van der Waals surface area contributed by atoms with Crippen molar-refractivity contribution in [3.8, 4) is 0 Å². The smallest absolute Gasteiger partial charge is 0.194 e. The molecule has 0 bridgehead atoms. The Morgan fingerprint density at radius 3 is 2.11 bits per heavy atom. The Hall–Kier alpha value is -1.89. The molecule has 3 aromatic rings. The van der Waals surface area contributed by atoms with Gasteiger partial charge in [-0.1, -0.05) is 45.0 Å². The lowest BCUT2D eigenvalue weighted by Crippen LogP contribution is -2.39. The highest BCUT2D eigenvalue weighted by Gasteiger charge is 2.26. The van der Waals surface area contributed by atoms with Gasteiger partial charge >= 0.3 is 0 Å². The summed E-state index contributed by atoms with van der Waals surface area (Å²) in [5, 5.41) is 5.30. The van der Waals surface area contributed by atoms with Crippen molar-refractivity contribution in [2.75, 3.05) is 0 Å². The summed E-state index contributed by atoms with van der Waals surface area (Å²) in [5.41, 5.74) is 1.52. The van der Waals surface area contributed by atoms with Gasteiger partial charge in [0.25, 0.3) is 0 Å². The Morgan fingerprint density at radius 1 is 0.842 bits per heavy atom. The minimum atomic E-state index is 0.136. The van der Waals surface area contributed by atoms with Crippen LogP contribution in [0.5, 0.6) is 0 Å². The molecule has 0 radical (unpaired) electrons. The van der Waals surface area contributed by atoms with Crippen LogP contribution in [-0.2, 0) is 12.5 Å². The Kier molecular flexibility index (Phi) is 2.60. The number of hydrogen-bond acceptors (Lipinski definition) is 0. The molecule has 1 heteroatoms. The van der Waals surface area contributed by atoms with E-state index in [1.54, 1.807) is 0 Å². The summed E-state index contributed by atoms with van der Waals surface area (Å²) in [4.78, 5) is 0. The van der Waals surface area contributed by atoms with E-state index in [4.69, 9.17) is 0 Å². The SMILES string of the molecule is C[n+]1ccc2cc3ccccc3cc2c1C(C)(C)C.